The van der Waals surface area contributed by atoms with Crippen molar-refractivity contribution in [3.8, 4) is 0 Å². The van der Waals surface area contributed by atoms with Crippen LogP contribution in [-0.4, -0.2) is 26.6 Å². The Kier molecular flexibility index (Phi) is 4.24. The van der Waals surface area contributed by atoms with E-state index in [9.17, 15) is 4.79 Å². The Bertz CT molecular complexity index is 643. The van der Waals surface area contributed by atoms with Crippen molar-refractivity contribution < 1.29 is 4.79 Å². The second-order valence-corrected chi connectivity index (χ2v) is 6.04. The molecule has 0 aliphatic heterocycles. The first-order chi connectivity index (χ1) is 10.6. The Balaban J connectivity index is 1.64. The molecule has 5 nitrogen and oxygen atoms in total. The summed E-state index contributed by atoms with van der Waals surface area (Å²) in [6, 6.07) is 8.79. The van der Waals surface area contributed by atoms with Crippen LogP contribution in [0.4, 0.5) is 5.69 Å². The summed E-state index contributed by atoms with van der Waals surface area (Å²) < 4.78 is 1.85. The molecule has 116 valence electrons. The molecular formula is C17H22N4O. The summed E-state index contributed by atoms with van der Waals surface area (Å²) in [4.78, 5) is 13.6. The van der Waals surface area contributed by atoms with Crippen LogP contribution in [0.1, 0.15) is 30.9 Å². The van der Waals surface area contributed by atoms with Crippen molar-refractivity contribution in [3.05, 3.63) is 47.8 Å². The fourth-order valence-corrected chi connectivity index (χ4v) is 2.67. The highest BCUT2D eigenvalue weighted by molar-refractivity contribution is 5.88. The molecule has 0 bridgehead atoms. The summed E-state index contributed by atoms with van der Waals surface area (Å²) in [6.07, 6.45) is 6.58. The molecule has 3 rings (SSSR count). The van der Waals surface area contributed by atoms with E-state index in [1.165, 1.54) is 30.9 Å². The van der Waals surface area contributed by atoms with E-state index in [-0.39, 0.29) is 5.91 Å². The lowest BCUT2D eigenvalue weighted by Gasteiger charge is -2.21. The average molecular weight is 298 g/mol. The standard InChI is InChI=1S/C17H22N4O/c1-13(22)19-16-5-3-14(4-6-16)11-21(17-7-8-17)12-15-9-18-20(2)10-15/h3-6,9-10,17H,7-8,11-12H2,1-2H3,(H,19,22). The molecule has 1 aromatic heterocycles. The van der Waals surface area contributed by atoms with Gasteiger partial charge in [0.05, 0.1) is 6.20 Å². The summed E-state index contributed by atoms with van der Waals surface area (Å²) in [5.41, 5.74) is 3.37. The van der Waals surface area contributed by atoms with E-state index in [2.05, 4.69) is 33.6 Å². The fourth-order valence-electron chi connectivity index (χ4n) is 2.67. The number of benzene rings is 1. The third-order valence-corrected chi connectivity index (χ3v) is 3.87. The van der Waals surface area contributed by atoms with Crippen LogP contribution in [0.25, 0.3) is 0 Å². The minimum absolute atomic E-state index is 0.0380. The van der Waals surface area contributed by atoms with Crippen LogP contribution in [0.2, 0.25) is 0 Å². The molecule has 2 aromatic rings. The molecule has 1 fully saturated rings. The molecule has 0 unspecified atom stereocenters. The maximum absolute atomic E-state index is 11.1. The molecule has 1 aromatic carbocycles. The second-order valence-electron chi connectivity index (χ2n) is 6.04. The van der Waals surface area contributed by atoms with Gasteiger partial charge in [0.25, 0.3) is 0 Å². The van der Waals surface area contributed by atoms with E-state index in [4.69, 9.17) is 0 Å². The van der Waals surface area contributed by atoms with Gasteiger partial charge >= 0.3 is 0 Å². The van der Waals surface area contributed by atoms with Gasteiger partial charge in [-0.15, -0.1) is 0 Å². The second kappa shape index (κ2) is 6.32. The number of nitrogens with zero attached hydrogens (tertiary/aromatic N) is 3. The van der Waals surface area contributed by atoms with Crippen molar-refractivity contribution in [2.24, 2.45) is 7.05 Å². The Labute approximate surface area is 130 Å². The average Bonchev–Trinajstić information content (AvgIpc) is 3.24. The highest BCUT2D eigenvalue weighted by Crippen LogP contribution is 2.30. The highest BCUT2D eigenvalue weighted by atomic mass is 16.1. The van der Waals surface area contributed by atoms with Gasteiger partial charge < -0.3 is 5.32 Å². The van der Waals surface area contributed by atoms with Crippen LogP contribution in [-0.2, 0) is 24.9 Å². The summed E-state index contributed by atoms with van der Waals surface area (Å²) in [7, 11) is 1.95. The minimum Gasteiger partial charge on any atom is -0.326 e. The normalized spacial score (nSPS) is 14.3. The maximum Gasteiger partial charge on any atom is 0.221 e. The van der Waals surface area contributed by atoms with Crippen LogP contribution in [0.5, 0.6) is 0 Å². The minimum atomic E-state index is -0.0380. The van der Waals surface area contributed by atoms with Crippen molar-refractivity contribution in [1.29, 1.82) is 0 Å². The lowest BCUT2D eigenvalue weighted by atomic mass is 10.1. The van der Waals surface area contributed by atoms with Gasteiger partial charge in [0.15, 0.2) is 0 Å². The number of hydrogen-bond acceptors (Lipinski definition) is 3. The summed E-state index contributed by atoms with van der Waals surface area (Å²) >= 11 is 0. The third-order valence-electron chi connectivity index (χ3n) is 3.87. The van der Waals surface area contributed by atoms with Crippen LogP contribution in [0, 0.1) is 0 Å². The van der Waals surface area contributed by atoms with E-state index in [1.54, 1.807) is 0 Å². The fraction of sp³-hybridized carbons (Fsp3) is 0.412. The first-order valence-corrected chi connectivity index (χ1v) is 7.68. The molecule has 0 saturated heterocycles. The van der Waals surface area contributed by atoms with Gasteiger partial charge in [-0.3, -0.25) is 14.4 Å². The van der Waals surface area contributed by atoms with Crippen LogP contribution < -0.4 is 5.32 Å². The number of carbonyl (C=O) groups excluding carboxylic acids is 1. The number of anilines is 1. The predicted octanol–water partition coefficient (Wildman–Crippen LogP) is 2.54. The molecule has 1 saturated carbocycles. The largest absolute Gasteiger partial charge is 0.326 e. The van der Waals surface area contributed by atoms with Crippen LogP contribution in [0.3, 0.4) is 0 Å². The molecule has 1 N–H and O–H groups in total. The van der Waals surface area contributed by atoms with Gasteiger partial charge in [-0.2, -0.15) is 5.10 Å². The SMILES string of the molecule is CC(=O)Nc1ccc(CN(Cc2cnn(C)c2)C2CC2)cc1. The Morgan fingerprint density at radius 3 is 2.50 bits per heavy atom. The number of nitrogens with one attached hydrogen (secondary N) is 1. The first kappa shape index (κ1) is 14.8. The molecular weight excluding hydrogens is 276 g/mol. The van der Waals surface area contributed by atoms with E-state index >= 15 is 0 Å². The van der Waals surface area contributed by atoms with Crippen LogP contribution in [0.15, 0.2) is 36.7 Å². The number of rotatable bonds is 6. The number of aromatic nitrogens is 2. The van der Waals surface area contributed by atoms with Gasteiger partial charge in [-0.1, -0.05) is 12.1 Å². The maximum atomic E-state index is 11.1. The van der Waals surface area contributed by atoms with Gasteiger partial charge in [-0.25, -0.2) is 0 Å². The number of hydrogen-bond donors (Lipinski definition) is 1. The molecule has 5 heteroatoms. The third kappa shape index (κ3) is 3.95. The van der Waals surface area contributed by atoms with Gasteiger partial charge in [0.2, 0.25) is 5.91 Å². The lowest BCUT2D eigenvalue weighted by molar-refractivity contribution is -0.114. The van der Waals surface area contributed by atoms with Crippen molar-refractivity contribution in [1.82, 2.24) is 14.7 Å². The summed E-state index contributed by atoms with van der Waals surface area (Å²) in [6.45, 7) is 3.39. The number of carbonyl (C=O) groups is 1. The van der Waals surface area contributed by atoms with E-state index in [1.807, 2.05) is 30.1 Å². The zero-order chi connectivity index (χ0) is 15.5. The number of aryl methyl sites for hydroxylation is 1. The Hall–Kier alpha value is -2.14. The number of amides is 1. The van der Waals surface area contributed by atoms with Gasteiger partial charge in [-0.05, 0) is 30.5 Å². The molecule has 0 radical (unpaired) electrons. The molecule has 0 spiro atoms. The molecule has 22 heavy (non-hydrogen) atoms. The highest BCUT2D eigenvalue weighted by Gasteiger charge is 2.29. The zero-order valence-electron chi connectivity index (χ0n) is 13.1. The lowest BCUT2D eigenvalue weighted by Crippen LogP contribution is -2.24. The summed E-state index contributed by atoms with van der Waals surface area (Å²) in [5, 5.41) is 7.04. The first-order valence-electron chi connectivity index (χ1n) is 7.68. The van der Waals surface area contributed by atoms with Crippen molar-refractivity contribution in [2.45, 2.75) is 38.9 Å². The molecule has 1 aliphatic carbocycles. The van der Waals surface area contributed by atoms with E-state index in [0.717, 1.165) is 18.8 Å². The van der Waals surface area contributed by atoms with Crippen molar-refractivity contribution >= 4 is 11.6 Å². The monoisotopic (exact) mass is 298 g/mol. The Morgan fingerprint density at radius 2 is 1.95 bits per heavy atom. The van der Waals surface area contributed by atoms with Crippen molar-refractivity contribution in [3.63, 3.8) is 0 Å². The van der Waals surface area contributed by atoms with Gasteiger partial charge in [0.1, 0.15) is 0 Å². The topological polar surface area (TPSA) is 50.2 Å². The molecule has 1 amide bonds. The van der Waals surface area contributed by atoms with E-state index < -0.39 is 0 Å². The van der Waals surface area contributed by atoms with Crippen molar-refractivity contribution in [2.75, 3.05) is 5.32 Å². The smallest absolute Gasteiger partial charge is 0.221 e. The molecule has 1 aliphatic rings. The van der Waals surface area contributed by atoms with Crippen LogP contribution >= 0.6 is 0 Å². The summed E-state index contributed by atoms with van der Waals surface area (Å²) in [5.74, 6) is -0.0380. The zero-order valence-corrected chi connectivity index (χ0v) is 13.1. The van der Waals surface area contributed by atoms with Gasteiger partial charge in [0, 0.05) is 50.6 Å². The molecule has 0 atom stereocenters. The molecule has 1 heterocycles. The quantitative estimate of drug-likeness (QED) is 0.891. The van der Waals surface area contributed by atoms with E-state index in [0.29, 0.717) is 6.04 Å². The Morgan fingerprint density at radius 1 is 1.27 bits per heavy atom. The predicted molar refractivity (Wildman–Crippen MR) is 86.2 cm³/mol.